The zero-order valence-electron chi connectivity index (χ0n) is 21.5. The molecule has 0 bridgehead atoms. The van der Waals surface area contributed by atoms with Crippen LogP contribution in [0.1, 0.15) is 28.4 Å². The maximum absolute atomic E-state index is 12.0. The highest BCUT2D eigenvalue weighted by molar-refractivity contribution is 6.17. The fraction of sp³-hybridized carbons (Fsp3) is 0.179. The fourth-order valence-corrected chi connectivity index (χ4v) is 4.00. The molecule has 11 nitrogen and oxygen atoms in total. The quantitative estimate of drug-likeness (QED) is 0.143. The number of carbonyl (C=O) groups is 3. The second-order valence-corrected chi connectivity index (χ2v) is 8.43. The molecule has 200 valence electrons. The van der Waals surface area contributed by atoms with Crippen LogP contribution in [0.2, 0.25) is 0 Å². The summed E-state index contributed by atoms with van der Waals surface area (Å²) in [6, 6.07) is 16.9. The number of phenols is 1. The molecule has 0 spiro atoms. The standard InChI is InChI=1S/C28H26N4O7/c1-4-31(20-11-9-17(10-12-20)13-21(27(36)38-2)28(37)39-3)16-19-14-18(26(34)35)15-24(25(19)33)32-29-22-7-5-6-8-23(22)30-32/h5-15,33H,4,16H2,1-3H3,(H,34,35). The van der Waals surface area contributed by atoms with Crippen LogP contribution in [0.4, 0.5) is 5.69 Å². The van der Waals surface area contributed by atoms with Gasteiger partial charge in [-0.3, -0.25) is 0 Å². The molecular weight excluding hydrogens is 504 g/mol. The van der Waals surface area contributed by atoms with Gasteiger partial charge in [0, 0.05) is 24.3 Å². The summed E-state index contributed by atoms with van der Waals surface area (Å²) in [4.78, 5) is 39.0. The summed E-state index contributed by atoms with van der Waals surface area (Å²) in [5.74, 6) is -2.92. The Morgan fingerprint density at radius 2 is 1.54 bits per heavy atom. The van der Waals surface area contributed by atoms with Crippen molar-refractivity contribution in [2.45, 2.75) is 13.5 Å². The molecule has 2 N–H and O–H groups in total. The van der Waals surface area contributed by atoms with E-state index in [1.165, 1.54) is 37.2 Å². The number of fused-ring (bicyclic) bond motifs is 1. The minimum absolute atomic E-state index is 0.0196. The Bertz CT molecular complexity index is 1520. The lowest BCUT2D eigenvalue weighted by Gasteiger charge is -2.24. The number of ether oxygens (including phenoxy) is 2. The number of esters is 2. The van der Waals surface area contributed by atoms with Crippen LogP contribution in [-0.2, 0) is 25.6 Å². The van der Waals surface area contributed by atoms with E-state index in [1.54, 1.807) is 36.4 Å². The van der Waals surface area contributed by atoms with Gasteiger partial charge in [-0.15, -0.1) is 15.0 Å². The number of phenolic OH excluding ortho intramolecular Hbond substituents is 1. The molecule has 0 aliphatic rings. The summed E-state index contributed by atoms with van der Waals surface area (Å²) in [6.45, 7) is 2.63. The number of benzene rings is 3. The first kappa shape index (κ1) is 26.9. The van der Waals surface area contributed by atoms with Crippen LogP contribution >= 0.6 is 0 Å². The number of hydrogen-bond acceptors (Lipinski definition) is 9. The molecule has 0 radical (unpaired) electrons. The van der Waals surface area contributed by atoms with Gasteiger partial charge in [0.1, 0.15) is 28.0 Å². The van der Waals surface area contributed by atoms with E-state index in [0.29, 0.717) is 28.7 Å². The predicted molar refractivity (Wildman–Crippen MR) is 143 cm³/mol. The molecule has 0 unspecified atom stereocenters. The highest BCUT2D eigenvalue weighted by Gasteiger charge is 2.21. The maximum atomic E-state index is 12.0. The predicted octanol–water partition coefficient (Wildman–Crippen LogP) is 3.58. The molecule has 1 aromatic heterocycles. The largest absolute Gasteiger partial charge is 0.505 e. The average molecular weight is 531 g/mol. The van der Waals surface area contributed by atoms with E-state index >= 15 is 0 Å². The smallest absolute Gasteiger partial charge is 0.345 e. The maximum Gasteiger partial charge on any atom is 0.345 e. The first-order chi connectivity index (χ1) is 18.7. The molecular formula is C28H26N4O7. The van der Waals surface area contributed by atoms with E-state index in [9.17, 15) is 24.6 Å². The van der Waals surface area contributed by atoms with Gasteiger partial charge in [0.15, 0.2) is 0 Å². The highest BCUT2D eigenvalue weighted by atomic mass is 16.5. The van der Waals surface area contributed by atoms with Gasteiger partial charge in [-0.1, -0.05) is 24.3 Å². The van der Waals surface area contributed by atoms with Crippen molar-refractivity contribution in [3.05, 3.63) is 82.9 Å². The molecule has 0 fully saturated rings. The summed E-state index contributed by atoms with van der Waals surface area (Å²) >= 11 is 0. The van der Waals surface area contributed by atoms with Gasteiger partial charge in [0.05, 0.1) is 19.8 Å². The van der Waals surface area contributed by atoms with Gasteiger partial charge in [-0.25, -0.2) is 14.4 Å². The van der Waals surface area contributed by atoms with Crippen LogP contribution < -0.4 is 4.90 Å². The minimum Gasteiger partial charge on any atom is -0.505 e. The Balaban J connectivity index is 1.67. The number of methoxy groups -OCH3 is 2. The summed E-state index contributed by atoms with van der Waals surface area (Å²) in [6.07, 6.45) is 1.37. The molecule has 0 aliphatic heterocycles. The van der Waals surface area contributed by atoms with Gasteiger partial charge < -0.3 is 24.6 Å². The van der Waals surface area contributed by atoms with Crippen LogP contribution in [0.15, 0.2) is 66.2 Å². The number of rotatable bonds is 9. The number of carboxylic acids is 1. The zero-order valence-corrected chi connectivity index (χ0v) is 21.5. The van der Waals surface area contributed by atoms with Crippen molar-refractivity contribution in [3.8, 4) is 11.4 Å². The molecule has 0 aliphatic carbocycles. The molecule has 11 heteroatoms. The van der Waals surface area contributed by atoms with Gasteiger partial charge in [-0.2, -0.15) is 0 Å². The number of aromatic nitrogens is 3. The van der Waals surface area contributed by atoms with E-state index in [1.807, 2.05) is 24.0 Å². The van der Waals surface area contributed by atoms with Crippen LogP contribution in [0.25, 0.3) is 22.8 Å². The molecule has 4 rings (SSSR count). The van der Waals surface area contributed by atoms with E-state index in [0.717, 1.165) is 5.69 Å². The molecule has 0 amide bonds. The Hall–Kier alpha value is -5.19. The third-order valence-electron chi connectivity index (χ3n) is 6.04. The molecule has 0 saturated heterocycles. The second kappa shape index (κ2) is 11.5. The number of hydrogen-bond donors (Lipinski definition) is 2. The second-order valence-electron chi connectivity index (χ2n) is 8.43. The Morgan fingerprint density at radius 1 is 0.949 bits per heavy atom. The SMILES string of the molecule is CCN(Cc1cc(C(=O)O)cc(-n2nc3ccccc3n2)c1O)c1ccc(C=C(C(=O)OC)C(=O)OC)cc1. The summed E-state index contributed by atoms with van der Waals surface area (Å²) in [5.41, 5.74) is 2.79. The van der Waals surface area contributed by atoms with Crippen molar-refractivity contribution in [2.75, 3.05) is 25.7 Å². The van der Waals surface area contributed by atoms with Crippen molar-refractivity contribution >= 4 is 40.7 Å². The van der Waals surface area contributed by atoms with E-state index in [2.05, 4.69) is 19.7 Å². The fourth-order valence-electron chi connectivity index (χ4n) is 4.00. The number of nitrogens with zero attached hydrogens (tertiary/aromatic N) is 4. The van der Waals surface area contributed by atoms with E-state index < -0.39 is 17.9 Å². The van der Waals surface area contributed by atoms with Crippen molar-refractivity contribution in [1.29, 1.82) is 0 Å². The van der Waals surface area contributed by atoms with Gasteiger partial charge in [-0.05, 0) is 55.0 Å². The summed E-state index contributed by atoms with van der Waals surface area (Å²) in [5, 5.41) is 29.6. The Kier molecular flexibility index (Phi) is 7.90. The molecule has 0 saturated carbocycles. The topological polar surface area (TPSA) is 144 Å². The number of carbonyl (C=O) groups excluding carboxylic acids is 2. The van der Waals surface area contributed by atoms with Crippen LogP contribution in [0.3, 0.4) is 0 Å². The number of anilines is 1. The van der Waals surface area contributed by atoms with Crippen LogP contribution in [-0.4, -0.2) is 63.9 Å². The number of aromatic hydroxyl groups is 1. The van der Waals surface area contributed by atoms with Crippen LogP contribution in [0, 0.1) is 0 Å². The minimum atomic E-state index is -1.15. The number of aromatic carboxylic acids is 1. The lowest BCUT2D eigenvalue weighted by atomic mass is 10.1. The molecule has 3 aromatic carbocycles. The molecule has 39 heavy (non-hydrogen) atoms. The molecule has 4 aromatic rings. The van der Waals surface area contributed by atoms with Crippen molar-refractivity contribution in [3.63, 3.8) is 0 Å². The first-order valence-electron chi connectivity index (χ1n) is 11.9. The van der Waals surface area contributed by atoms with Crippen molar-refractivity contribution < 1.29 is 34.1 Å². The average Bonchev–Trinajstić information content (AvgIpc) is 3.39. The summed E-state index contributed by atoms with van der Waals surface area (Å²) < 4.78 is 9.31. The zero-order chi connectivity index (χ0) is 28.1. The summed E-state index contributed by atoms with van der Waals surface area (Å²) in [7, 11) is 2.35. The highest BCUT2D eigenvalue weighted by Crippen LogP contribution is 2.31. The lowest BCUT2D eigenvalue weighted by Crippen LogP contribution is -2.22. The van der Waals surface area contributed by atoms with Crippen LogP contribution in [0.5, 0.6) is 5.75 Å². The normalized spacial score (nSPS) is 10.6. The van der Waals surface area contributed by atoms with Gasteiger partial charge in [0.25, 0.3) is 0 Å². The van der Waals surface area contributed by atoms with Crippen molar-refractivity contribution in [2.24, 2.45) is 0 Å². The first-order valence-corrected chi connectivity index (χ1v) is 11.9. The van der Waals surface area contributed by atoms with Gasteiger partial charge >= 0.3 is 17.9 Å². The molecule has 1 heterocycles. The third kappa shape index (κ3) is 5.72. The van der Waals surface area contributed by atoms with E-state index in [4.69, 9.17) is 0 Å². The Labute approximate surface area is 223 Å². The van der Waals surface area contributed by atoms with Gasteiger partial charge in [0.2, 0.25) is 0 Å². The monoisotopic (exact) mass is 530 g/mol. The lowest BCUT2D eigenvalue weighted by molar-refractivity contribution is -0.143. The van der Waals surface area contributed by atoms with E-state index in [-0.39, 0.29) is 29.1 Å². The third-order valence-corrected chi connectivity index (χ3v) is 6.04. The Morgan fingerprint density at radius 3 is 2.05 bits per heavy atom. The molecule has 0 atom stereocenters. The van der Waals surface area contributed by atoms with Crippen molar-refractivity contribution in [1.82, 2.24) is 15.0 Å². The number of carboxylic acid groups (broad SMARTS) is 1.